The molecule has 1 aliphatic rings. The van der Waals surface area contributed by atoms with Gasteiger partial charge in [0.1, 0.15) is 5.75 Å². The van der Waals surface area contributed by atoms with Crippen molar-refractivity contribution in [2.75, 3.05) is 13.1 Å². The molecule has 1 saturated heterocycles. The summed E-state index contributed by atoms with van der Waals surface area (Å²) in [7, 11) is 0. The highest BCUT2D eigenvalue weighted by Gasteiger charge is 2.22. The van der Waals surface area contributed by atoms with Crippen LogP contribution in [0.4, 0.5) is 0 Å². The molecule has 1 aromatic heterocycles. The van der Waals surface area contributed by atoms with Gasteiger partial charge in [-0.05, 0) is 62.0 Å². The molecule has 0 bridgehead atoms. The Morgan fingerprint density at radius 2 is 2.19 bits per heavy atom. The lowest BCUT2D eigenvalue weighted by molar-refractivity contribution is 0.257. The minimum absolute atomic E-state index is 0.237. The van der Waals surface area contributed by atoms with E-state index in [1.54, 1.807) is 24.3 Å². The molecule has 1 fully saturated rings. The van der Waals surface area contributed by atoms with Crippen molar-refractivity contribution in [3.05, 3.63) is 30.2 Å². The molecule has 0 amide bonds. The number of nitrogens with zero attached hydrogens (tertiary/aromatic N) is 2. The predicted molar refractivity (Wildman–Crippen MR) is 79.9 cm³/mol. The number of nitrogens with one attached hydrogen (secondary N) is 1. The van der Waals surface area contributed by atoms with Gasteiger partial charge in [0.25, 0.3) is 0 Å². The highest BCUT2D eigenvalue weighted by molar-refractivity contribution is 5.55. The van der Waals surface area contributed by atoms with E-state index in [0.717, 1.165) is 25.1 Å². The highest BCUT2D eigenvalue weighted by Crippen LogP contribution is 2.24. The Balaban J connectivity index is 1.65. The van der Waals surface area contributed by atoms with Crippen LogP contribution in [0.2, 0.25) is 0 Å². The normalized spacial score (nSPS) is 20.3. The van der Waals surface area contributed by atoms with Crippen molar-refractivity contribution in [1.29, 1.82) is 0 Å². The van der Waals surface area contributed by atoms with Crippen LogP contribution in [0.15, 0.2) is 28.8 Å². The van der Waals surface area contributed by atoms with E-state index in [2.05, 4.69) is 22.4 Å². The van der Waals surface area contributed by atoms with Gasteiger partial charge in [-0.3, -0.25) is 0 Å². The monoisotopic (exact) mass is 287 g/mol. The Hall–Kier alpha value is -1.88. The van der Waals surface area contributed by atoms with Crippen molar-refractivity contribution < 1.29 is 9.63 Å². The number of aromatic nitrogens is 2. The third-order valence-electron chi connectivity index (χ3n) is 4.23. The molecule has 0 spiro atoms. The molecule has 2 N–H and O–H groups in total. The Labute approximate surface area is 124 Å². The quantitative estimate of drug-likeness (QED) is 0.904. The van der Waals surface area contributed by atoms with Gasteiger partial charge in [0.15, 0.2) is 0 Å². The fourth-order valence-corrected chi connectivity index (χ4v) is 2.87. The Morgan fingerprint density at radius 1 is 1.38 bits per heavy atom. The minimum Gasteiger partial charge on any atom is -0.508 e. The van der Waals surface area contributed by atoms with E-state index in [9.17, 15) is 5.11 Å². The topological polar surface area (TPSA) is 71.2 Å². The Morgan fingerprint density at radius 3 is 2.90 bits per heavy atom. The Kier molecular flexibility index (Phi) is 4.20. The summed E-state index contributed by atoms with van der Waals surface area (Å²) in [5, 5.41) is 16.8. The van der Waals surface area contributed by atoms with Crippen LogP contribution >= 0.6 is 0 Å². The summed E-state index contributed by atoms with van der Waals surface area (Å²) in [6.07, 6.45) is 3.34. The summed E-state index contributed by atoms with van der Waals surface area (Å²) in [4.78, 5) is 4.47. The number of aromatic hydroxyl groups is 1. The molecule has 5 nitrogen and oxygen atoms in total. The van der Waals surface area contributed by atoms with Gasteiger partial charge in [0, 0.05) is 12.0 Å². The molecule has 2 atom stereocenters. The average molecular weight is 287 g/mol. The van der Waals surface area contributed by atoms with E-state index < -0.39 is 0 Å². The summed E-state index contributed by atoms with van der Waals surface area (Å²) >= 11 is 0. The lowest BCUT2D eigenvalue weighted by atomic mass is 9.85. The standard InChI is InChI=1S/C16H21N3O2/c1-11(13-3-2-8-17-10-13)9-15-18-16(19-21-15)12-4-6-14(20)7-5-12/h4-7,11,13,17,20H,2-3,8-10H2,1H3. The third kappa shape index (κ3) is 3.42. The molecule has 21 heavy (non-hydrogen) atoms. The molecule has 2 heterocycles. The molecular formula is C16H21N3O2. The van der Waals surface area contributed by atoms with Gasteiger partial charge in [0.05, 0.1) is 0 Å². The fraction of sp³-hybridized carbons (Fsp3) is 0.500. The zero-order chi connectivity index (χ0) is 14.7. The zero-order valence-corrected chi connectivity index (χ0v) is 12.2. The summed E-state index contributed by atoms with van der Waals surface area (Å²) in [5.41, 5.74) is 0.856. The lowest BCUT2D eigenvalue weighted by Gasteiger charge is -2.27. The maximum atomic E-state index is 9.30. The van der Waals surface area contributed by atoms with Crippen molar-refractivity contribution in [3.63, 3.8) is 0 Å². The first-order valence-corrected chi connectivity index (χ1v) is 7.55. The van der Waals surface area contributed by atoms with Gasteiger partial charge in [0.2, 0.25) is 11.7 Å². The van der Waals surface area contributed by atoms with Crippen LogP contribution in [0.3, 0.4) is 0 Å². The molecule has 0 radical (unpaired) electrons. The van der Waals surface area contributed by atoms with E-state index in [1.165, 1.54) is 12.8 Å². The molecule has 0 aliphatic carbocycles. The first-order valence-electron chi connectivity index (χ1n) is 7.55. The molecular weight excluding hydrogens is 266 g/mol. The largest absolute Gasteiger partial charge is 0.508 e. The van der Waals surface area contributed by atoms with Crippen LogP contribution in [0, 0.1) is 11.8 Å². The molecule has 2 unspecified atom stereocenters. The summed E-state index contributed by atoms with van der Waals surface area (Å²) in [6.45, 7) is 4.47. The minimum atomic E-state index is 0.237. The van der Waals surface area contributed by atoms with E-state index in [1.807, 2.05) is 0 Å². The predicted octanol–water partition coefficient (Wildman–Crippen LogP) is 2.62. The zero-order valence-electron chi connectivity index (χ0n) is 12.2. The number of hydrogen-bond acceptors (Lipinski definition) is 5. The number of rotatable bonds is 4. The highest BCUT2D eigenvalue weighted by atomic mass is 16.5. The van der Waals surface area contributed by atoms with E-state index >= 15 is 0 Å². The first kappa shape index (κ1) is 14.1. The molecule has 1 aromatic carbocycles. The second kappa shape index (κ2) is 6.26. The van der Waals surface area contributed by atoms with E-state index in [0.29, 0.717) is 23.6 Å². The molecule has 1 aliphatic heterocycles. The molecule has 3 rings (SSSR count). The molecule has 5 heteroatoms. The second-order valence-corrected chi connectivity index (χ2v) is 5.85. The summed E-state index contributed by atoms with van der Waals surface area (Å²) < 4.78 is 5.37. The van der Waals surface area contributed by atoms with Gasteiger partial charge in [-0.2, -0.15) is 4.98 Å². The maximum absolute atomic E-state index is 9.30. The van der Waals surface area contributed by atoms with Crippen LogP contribution in [0.1, 0.15) is 25.7 Å². The van der Waals surface area contributed by atoms with Crippen LogP contribution < -0.4 is 5.32 Å². The van der Waals surface area contributed by atoms with Gasteiger partial charge in [-0.1, -0.05) is 12.1 Å². The van der Waals surface area contributed by atoms with Crippen molar-refractivity contribution in [2.24, 2.45) is 11.8 Å². The average Bonchev–Trinajstić information content (AvgIpc) is 2.97. The van der Waals surface area contributed by atoms with Crippen LogP contribution in [0.5, 0.6) is 5.75 Å². The third-order valence-corrected chi connectivity index (χ3v) is 4.23. The fourth-order valence-electron chi connectivity index (χ4n) is 2.87. The van der Waals surface area contributed by atoms with E-state index in [-0.39, 0.29) is 5.75 Å². The smallest absolute Gasteiger partial charge is 0.227 e. The van der Waals surface area contributed by atoms with Gasteiger partial charge >= 0.3 is 0 Å². The van der Waals surface area contributed by atoms with Crippen LogP contribution in [-0.2, 0) is 6.42 Å². The number of phenolic OH excluding ortho intramolecular Hbond substituents is 1. The van der Waals surface area contributed by atoms with Crippen molar-refractivity contribution in [3.8, 4) is 17.1 Å². The number of benzene rings is 1. The summed E-state index contributed by atoms with van der Waals surface area (Å²) in [6, 6.07) is 6.83. The van der Waals surface area contributed by atoms with Crippen molar-refractivity contribution in [1.82, 2.24) is 15.5 Å². The molecule has 112 valence electrons. The van der Waals surface area contributed by atoms with Crippen molar-refractivity contribution in [2.45, 2.75) is 26.2 Å². The van der Waals surface area contributed by atoms with Crippen molar-refractivity contribution >= 4 is 0 Å². The second-order valence-electron chi connectivity index (χ2n) is 5.85. The van der Waals surface area contributed by atoms with Gasteiger partial charge in [-0.15, -0.1) is 0 Å². The maximum Gasteiger partial charge on any atom is 0.227 e. The first-order chi connectivity index (χ1) is 10.2. The van der Waals surface area contributed by atoms with E-state index in [4.69, 9.17) is 4.52 Å². The van der Waals surface area contributed by atoms with Crippen LogP contribution in [-0.4, -0.2) is 28.3 Å². The summed E-state index contributed by atoms with van der Waals surface area (Å²) in [5.74, 6) is 2.73. The number of phenols is 1. The number of piperidine rings is 1. The van der Waals surface area contributed by atoms with Crippen LogP contribution in [0.25, 0.3) is 11.4 Å². The Bertz CT molecular complexity index is 573. The lowest BCUT2D eigenvalue weighted by Crippen LogP contribution is -2.33. The number of hydrogen-bond donors (Lipinski definition) is 2. The van der Waals surface area contributed by atoms with Gasteiger partial charge < -0.3 is 14.9 Å². The SMILES string of the molecule is CC(Cc1nc(-c2ccc(O)cc2)no1)C1CCCNC1. The molecule has 0 saturated carbocycles. The molecule has 2 aromatic rings. The van der Waals surface area contributed by atoms with Gasteiger partial charge in [-0.25, -0.2) is 0 Å².